The molecule has 2 atom stereocenters. The molecule has 2 aliphatic carbocycles. The summed E-state index contributed by atoms with van der Waals surface area (Å²) in [6, 6.07) is 7.82. The van der Waals surface area contributed by atoms with E-state index in [1.165, 1.54) is 0 Å². The molecular formula is C17H19BrN2O. The van der Waals surface area contributed by atoms with Gasteiger partial charge in [0.2, 0.25) is 5.91 Å². The van der Waals surface area contributed by atoms with Gasteiger partial charge in [0.25, 0.3) is 0 Å². The summed E-state index contributed by atoms with van der Waals surface area (Å²) in [6.45, 7) is 0. The lowest BCUT2D eigenvalue weighted by atomic mass is 10.1. The van der Waals surface area contributed by atoms with Crippen LogP contribution in [0.3, 0.4) is 0 Å². The number of rotatable bonds is 3. The molecule has 1 saturated carbocycles. The van der Waals surface area contributed by atoms with Crippen LogP contribution in [0.5, 0.6) is 0 Å². The number of nitrogens with one attached hydrogen (secondary N) is 1. The normalized spacial score (nSPS) is 29.3. The van der Waals surface area contributed by atoms with E-state index in [9.17, 15) is 4.79 Å². The van der Waals surface area contributed by atoms with Gasteiger partial charge in [-0.1, -0.05) is 40.2 Å². The first kappa shape index (κ1) is 14.5. The first-order chi connectivity index (χ1) is 10.3. The molecule has 0 radical (unpaired) electrons. The monoisotopic (exact) mass is 346 g/mol. The molecule has 0 bridgehead atoms. The minimum Gasteiger partial charge on any atom is -0.273 e. The van der Waals surface area contributed by atoms with Crippen molar-refractivity contribution in [1.29, 1.82) is 0 Å². The predicted octanol–water partition coefficient (Wildman–Crippen LogP) is 3.89. The number of hydrazone groups is 1. The Kier molecular flexibility index (Phi) is 4.54. The van der Waals surface area contributed by atoms with Gasteiger partial charge >= 0.3 is 0 Å². The van der Waals surface area contributed by atoms with Gasteiger partial charge in [-0.2, -0.15) is 5.10 Å². The summed E-state index contributed by atoms with van der Waals surface area (Å²) in [5.74, 6) is 1.39. The Balaban J connectivity index is 1.52. The van der Waals surface area contributed by atoms with Gasteiger partial charge in [0, 0.05) is 10.4 Å². The topological polar surface area (TPSA) is 41.5 Å². The van der Waals surface area contributed by atoms with Crippen LogP contribution in [0.4, 0.5) is 0 Å². The van der Waals surface area contributed by atoms with Gasteiger partial charge in [0.1, 0.15) is 0 Å². The van der Waals surface area contributed by atoms with Crippen molar-refractivity contribution in [2.24, 2.45) is 22.9 Å². The van der Waals surface area contributed by atoms with Crippen LogP contribution >= 0.6 is 15.9 Å². The maximum Gasteiger partial charge on any atom is 0.243 e. The molecule has 1 N–H and O–H groups in total. The Labute approximate surface area is 133 Å². The Morgan fingerprint density at radius 1 is 1.14 bits per heavy atom. The molecule has 110 valence electrons. The molecular weight excluding hydrogens is 328 g/mol. The molecule has 1 aromatic carbocycles. The van der Waals surface area contributed by atoms with Gasteiger partial charge in [-0.05, 0) is 55.2 Å². The minimum atomic E-state index is 0.0836. The summed E-state index contributed by atoms with van der Waals surface area (Å²) in [5.41, 5.74) is 3.68. The summed E-state index contributed by atoms with van der Waals surface area (Å²) in [7, 11) is 0. The maximum absolute atomic E-state index is 12.2. The highest BCUT2D eigenvalue weighted by atomic mass is 79.9. The van der Waals surface area contributed by atoms with Crippen molar-refractivity contribution in [3.63, 3.8) is 0 Å². The van der Waals surface area contributed by atoms with Crippen LogP contribution in [-0.4, -0.2) is 12.1 Å². The van der Waals surface area contributed by atoms with E-state index in [1.807, 2.05) is 24.3 Å². The molecule has 2 unspecified atom stereocenters. The Hall–Kier alpha value is -1.42. The number of carbonyl (C=O) groups excluding carboxylic acids is 1. The molecule has 0 aliphatic heterocycles. The van der Waals surface area contributed by atoms with Gasteiger partial charge in [-0.15, -0.1) is 0 Å². The van der Waals surface area contributed by atoms with Crippen LogP contribution in [0.2, 0.25) is 0 Å². The van der Waals surface area contributed by atoms with Crippen molar-refractivity contribution in [3.05, 3.63) is 46.5 Å². The molecule has 3 nitrogen and oxygen atoms in total. The molecule has 3 rings (SSSR count). The average molecular weight is 347 g/mol. The van der Waals surface area contributed by atoms with Crippen molar-refractivity contribution in [2.45, 2.75) is 25.7 Å². The van der Waals surface area contributed by atoms with E-state index < -0.39 is 0 Å². The highest BCUT2D eigenvalue weighted by Crippen LogP contribution is 2.52. The van der Waals surface area contributed by atoms with E-state index in [4.69, 9.17) is 0 Å². The standard InChI is InChI=1S/C17H19BrN2O/c18-13-9-7-12(8-10-13)11-19-20-17(21)16-14-5-3-1-2-4-6-15(14)16/h1-2,7-11,14-16H,3-6H2,(H,20,21)/b2-1-,19-11+. The van der Waals surface area contributed by atoms with Crippen molar-refractivity contribution < 1.29 is 4.79 Å². The van der Waals surface area contributed by atoms with E-state index >= 15 is 0 Å². The Morgan fingerprint density at radius 3 is 2.38 bits per heavy atom. The number of hydrogen-bond donors (Lipinski definition) is 1. The lowest BCUT2D eigenvalue weighted by molar-refractivity contribution is -0.122. The van der Waals surface area contributed by atoms with E-state index in [1.54, 1.807) is 6.21 Å². The Morgan fingerprint density at radius 2 is 1.76 bits per heavy atom. The van der Waals surface area contributed by atoms with Gasteiger partial charge in [-0.25, -0.2) is 5.43 Å². The summed E-state index contributed by atoms with van der Waals surface area (Å²) in [6.07, 6.45) is 10.7. The number of carbonyl (C=O) groups is 1. The molecule has 2 aliphatic rings. The zero-order valence-corrected chi connectivity index (χ0v) is 13.4. The molecule has 1 fully saturated rings. The second-order valence-corrected chi connectivity index (χ2v) is 6.68. The van der Waals surface area contributed by atoms with Crippen LogP contribution in [0.15, 0.2) is 46.0 Å². The van der Waals surface area contributed by atoms with Crippen molar-refractivity contribution >= 4 is 28.1 Å². The first-order valence-electron chi connectivity index (χ1n) is 7.49. The van der Waals surface area contributed by atoms with E-state index in [-0.39, 0.29) is 11.8 Å². The number of amides is 1. The third-order valence-corrected chi connectivity index (χ3v) is 4.92. The van der Waals surface area contributed by atoms with Crippen molar-refractivity contribution in [3.8, 4) is 0 Å². The molecule has 0 heterocycles. The zero-order valence-electron chi connectivity index (χ0n) is 11.8. The third-order valence-electron chi connectivity index (χ3n) is 4.39. The van der Waals surface area contributed by atoms with E-state index in [0.29, 0.717) is 11.8 Å². The summed E-state index contributed by atoms with van der Waals surface area (Å²) >= 11 is 3.39. The largest absolute Gasteiger partial charge is 0.273 e. The number of halogens is 1. The highest BCUT2D eigenvalue weighted by Gasteiger charge is 2.53. The van der Waals surface area contributed by atoms with Crippen LogP contribution < -0.4 is 5.43 Å². The molecule has 1 amide bonds. The predicted molar refractivity (Wildman–Crippen MR) is 88.0 cm³/mol. The number of fused-ring (bicyclic) bond motifs is 1. The quantitative estimate of drug-likeness (QED) is 0.503. The fourth-order valence-corrected chi connectivity index (χ4v) is 3.49. The van der Waals surface area contributed by atoms with Gasteiger partial charge in [-0.3, -0.25) is 4.79 Å². The third kappa shape index (κ3) is 3.62. The average Bonchev–Trinajstić information content (AvgIpc) is 3.12. The summed E-state index contributed by atoms with van der Waals surface area (Å²) in [5, 5.41) is 4.08. The van der Waals surface area contributed by atoms with E-state index in [2.05, 4.69) is 38.6 Å². The number of allylic oxidation sites excluding steroid dienone is 2. The molecule has 0 aromatic heterocycles. The van der Waals surface area contributed by atoms with Gasteiger partial charge < -0.3 is 0 Å². The lowest BCUT2D eigenvalue weighted by Crippen LogP contribution is -2.21. The van der Waals surface area contributed by atoms with E-state index in [0.717, 1.165) is 35.7 Å². The maximum atomic E-state index is 12.2. The number of nitrogens with zero attached hydrogens (tertiary/aromatic N) is 1. The summed E-state index contributed by atoms with van der Waals surface area (Å²) in [4.78, 5) is 12.2. The molecule has 0 saturated heterocycles. The SMILES string of the molecule is O=C(N/N=C/c1ccc(Br)cc1)C1C2CC/C=C\CCC21. The zero-order chi connectivity index (χ0) is 14.7. The van der Waals surface area contributed by atoms with Crippen LogP contribution in [0.25, 0.3) is 0 Å². The first-order valence-corrected chi connectivity index (χ1v) is 8.28. The second-order valence-electron chi connectivity index (χ2n) is 5.77. The fourth-order valence-electron chi connectivity index (χ4n) is 3.23. The highest BCUT2D eigenvalue weighted by molar-refractivity contribution is 9.10. The fraction of sp³-hybridized carbons (Fsp3) is 0.412. The van der Waals surface area contributed by atoms with Crippen molar-refractivity contribution in [2.75, 3.05) is 0 Å². The molecule has 1 aromatic rings. The molecule has 21 heavy (non-hydrogen) atoms. The molecule has 0 spiro atoms. The van der Waals surface area contributed by atoms with Crippen LogP contribution in [0, 0.1) is 17.8 Å². The van der Waals surface area contributed by atoms with Gasteiger partial charge in [0.05, 0.1) is 6.21 Å². The molecule has 4 heteroatoms. The number of benzene rings is 1. The lowest BCUT2D eigenvalue weighted by Gasteiger charge is -1.99. The van der Waals surface area contributed by atoms with Crippen LogP contribution in [0.1, 0.15) is 31.2 Å². The van der Waals surface area contributed by atoms with Crippen LogP contribution in [-0.2, 0) is 4.79 Å². The Bertz CT molecular complexity index is 549. The van der Waals surface area contributed by atoms with Crippen molar-refractivity contribution in [1.82, 2.24) is 5.43 Å². The second kappa shape index (κ2) is 6.56. The van der Waals surface area contributed by atoms with Gasteiger partial charge in [0.15, 0.2) is 0 Å². The smallest absolute Gasteiger partial charge is 0.243 e. The number of hydrogen-bond acceptors (Lipinski definition) is 2. The minimum absolute atomic E-state index is 0.0836. The summed E-state index contributed by atoms with van der Waals surface area (Å²) < 4.78 is 1.03.